The Morgan fingerprint density at radius 2 is 1.37 bits per heavy atom. The van der Waals surface area contributed by atoms with Crippen LogP contribution in [0.3, 0.4) is 0 Å². The molecule has 0 bridgehead atoms. The van der Waals surface area contributed by atoms with Gasteiger partial charge in [0.2, 0.25) is 5.91 Å². The Labute approximate surface area is 376 Å². The van der Waals surface area contributed by atoms with E-state index in [0.29, 0.717) is 50.0 Å². The van der Waals surface area contributed by atoms with Crippen LogP contribution in [0.1, 0.15) is 86.5 Å². The van der Waals surface area contributed by atoms with Crippen molar-refractivity contribution < 1.29 is 42.9 Å². The van der Waals surface area contributed by atoms with Gasteiger partial charge in [0.25, 0.3) is 5.91 Å². The molecule has 1 unspecified atom stereocenters. The number of nitrogens with one attached hydrogen (secondary N) is 4. The number of carbonyl (C=O) groups is 4. The fourth-order valence-electron chi connectivity index (χ4n) is 9.84. The fourth-order valence-corrected chi connectivity index (χ4v) is 9.84. The Hall–Kier alpha value is -6.88. The van der Waals surface area contributed by atoms with Gasteiger partial charge in [0.05, 0.1) is 56.7 Å². The maximum absolute atomic E-state index is 14.3. The zero-order valence-corrected chi connectivity index (χ0v) is 37.3. The van der Waals surface area contributed by atoms with Gasteiger partial charge in [-0.05, 0) is 61.9 Å². The molecule has 5 aromatic rings. The highest BCUT2D eigenvalue weighted by Gasteiger charge is 2.43. The molecular formula is C48H54N8O9. The number of alkyl carbamates (subject to hydrolysis) is 2. The maximum Gasteiger partial charge on any atom is 0.407 e. The van der Waals surface area contributed by atoms with Crippen LogP contribution in [0.15, 0.2) is 67.0 Å². The number of benzene rings is 3. The lowest BCUT2D eigenvalue weighted by molar-refractivity contribution is -0.137. The van der Waals surface area contributed by atoms with Crippen molar-refractivity contribution in [3.63, 3.8) is 0 Å². The van der Waals surface area contributed by atoms with Crippen LogP contribution in [-0.2, 0) is 37.0 Å². The summed E-state index contributed by atoms with van der Waals surface area (Å²) in [4.78, 5) is 73.1. The van der Waals surface area contributed by atoms with Crippen LogP contribution >= 0.6 is 0 Å². The van der Waals surface area contributed by atoms with Crippen molar-refractivity contribution in [2.45, 2.75) is 83.5 Å². The fraction of sp³-hybridized carbons (Fsp3) is 0.417. The van der Waals surface area contributed by atoms with Gasteiger partial charge in [-0.1, -0.05) is 44.2 Å². The van der Waals surface area contributed by atoms with E-state index in [1.807, 2.05) is 56.0 Å². The van der Waals surface area contributed by atoms with Crippen molar-refractivity contribution in [1.82, 2.24) is 40.4 Å². The molecule has 2 aromatic heterocycles. The van der Waals surface area contributed by atoms with Crippen LogP contribution in [0, 0.1) is 11.8 Å². The third kappa shape index (κ3) is 8.24. The molecule has 6 atom stereocenters. The highest BCUT2D eigenvalue weighted by molar-refractivity contribution is 5.90. The molecule has 65 heavy (non-hydrogen) atoms. The molecule has 3 aromatic carbocycles. The van der Waals surface area contributed by atoms with Crippen LogP contribution in [0.4, 0.5) is 9.59 Å². The third-order valence-electron chi connectivity index (χ3n) is 13.0. The van der Waals surface area contributed by atoms with E-state index in [0.717, 1.165) is 69.1 Å². The molecule has 4 aliphatic rings. The van der Waals surface area contributed by atoms with Crippen molar-refractivity contribution in [1.29, 1.82) is 0 Å². The van der Waals surface area contributed by atoms with E-state index >= 15 is 0 Å². The molecule has 0 spiro atoms. The van der Waals surface area contributed by atoms with Crippen molar-refractivity contribution >= 4 is 24.0 Å². The average molecular weight is 887 g/mol. The van der Waals surface area contributed by atoms with E-state index in [4.69, 9.17) is 33.7 Å². The number of aromatic nitrogens is 4. The largest absolute Gasteiger partial charge is 0.488 e. The van der Waals surface area contributed by atoms with Gasteiger partial charge in [0, 0.05) is 59.0 Å². The molecule has 9 rings (SSSR count). The van der Waals surface area contributed by atoms with E-state index in [2.05, 4.69) is 32.7 Å². The smallest absolute Gasteiger partial charge is 0.407 e. The van der Waals surface area contributed by atoms with Gasteiger partial charge in [0.1, 0.15) is 48.4 Å². The summed E-state index contributed by atoms with van der Waals surface area (Å²) >= 11 is 0. The van der Waals surface area contributed by atoms with Gasteiger partial charge < -0.3 is 54.1 Å². The zero-order valence-electron chi connectivity index (χ0n) is 37.3. The summed E-state index contributed by atoms with van der Waals surface area (Å²) in [7, 11) is 4.21. The number of aromatic amines is 2. The second kappa shape index (κ2) is 17.9. The minimum atomic E-state index is -0.959. The van der Waals surface area contributed by atoms with Crippen LogP contribution in [0.5, 0.6) is 11.5 Å². The Bertz CT molecular complexity index is 2560. The molecule has 4 N–H and O–H groups in total. The van der Waals surface area contributed by atoms with Gasteiger partial charge in [-0.15, -0.1) is 0 Å². The van der Waals surface area contributed by atoms with Gasteiger partial charge in [-0.2, -0.15) is 0 Å². The first-order valence-corrected chi connectivity index (χ1v) is 22.0. The number of likely N-dealkylation sites (tertiary alicyclic amines) is 2. The molecule has 2 saturated heterocycles. The first-order valence-electron chi connectivity index (χ1n) is 22.0. The molecule has 0 aliphatic carbocycles. The quantitative estimate of drug-likeness (QED) is 0.101. The Kier molecular flexibility index (Phi) is 12.0. The number of nitrogens with zero attached hydrogens (tertiary/aromatic N) is 4. The van der Waals surface area contributed by atoms with Crippen LogP contribution in [0.2, 0.25) is 0 Å². The average Bonchev–Trinajstić information content (AvgIpc) is 4.16. The van der Waals surface area contributed by atoms with Crippen LogP contribution in [-0.4, -0.2) is 100 Å². The summed E-state index contributed by atoms with van der Waals surface area (Å²) in [5, 5.41) is 5.46. The van der Waals surface area contributed by atoms with E-state index in [1.54, 1.807) is 36.5 Å². The number of hydrogen-bond acceptors (Lipinski definition) is 11. The number of carbonyl (C=O) groups excluding carboxylic acids is 4. The number of imidazole rings is 2. The van der Waals surface area contributed by atoms with Crippen LogP contribution < -0.4 is 20.1 Å². The molecular weight excluding hydrogens is 833 g/mol. The lowest BCUT2D eigenvalue weighted by Crippen LogP contribution is -2.52. The Morgan fingerprint density at radius 3 is 1.94 bits per heavy atom. The summed E-state index contributed by atoms with van der Waals surface area (Å²) in [5.41, 5.74) is 7.86. The topological polar surface area (TPSA) is 202 Å². The molecule has 340 valence electrons. The first kappa shape index (κ1) is 43.4. The molecule has 17 heteroatoms. The standard InChI is InChI=1S/C48H54N8O9/c1-25(2)41(53-47(59)62-5)46(58)56-26(3)12-13-35(56)43-49-19-33(51-43)29-15-31-23-65-38-18-30(16-32-24-64-37(17-29)39(31)40(32)38)34-20-50-44(52-34)36-14-27(22-61-4)21-55(36)45(57)42(54-48(60)63-6)28-10-8-7-9-11-28/h7-11,15-20,25-27,35-36,41-42H,12-14,21-24H2,1-6H3,(H,49,51)(H,50,52)(H,53,59)(H,54,60)/t26-,27-,35-,36-,41?,42+/m0/s1. The summed E-state index contributed by atoms with van der Waals surface area (Å²) < 4.78 is 28.2. The van der Waals surface area contributed by atoms with Crippen molar-refractivity contribution in [2.75, 3.05) is 34.5 Å². The van der Waals surface area contributed by atoms with Crippen molar-refractivity contribution in [3.05, 3.63) is 95.3 Å². The summed E-state index contributed by atoms with van der Waals surface area (Å²) in [6, 6.07) is 14.9. The highest BCUT2D eigenvalue weighted by Crippen LogP contribution is 2.51. The van der Waals surface area contributed by atoms with Crippen molar-refractivity contribution in [3.8, 4) is 45.1 Å². The van der Waals surface area contributed by atoms with Crippen molar-refractivity contribution in [2.24, 2.45) is 11.8 Å². The number of amides is 4. The van der Waals surface area contributed by atoms with Crippen LogP contribution in [0.25, 0.3) is 33.6 Å². The van der Waals surface area contributed by atoms with Gasteiger partial charge in [-0.3, -0.25) is 9.59 Å². The lowest BCUT2D eigenvalue weighted by Gasteiger charge is -2.33. The Morgan fingerprint density at radius 1 is 0.785 bits per heavy atom. The molecule has 4 aliphatic heterocycles. The maximum atomic E-state index is 14.3. The first-order chi connectivity index (χ1) is 31.5. The lowest BCUT2D eigenvalue weighted by atomic mass is 9.87. The molecule has 0 radical (unpaired) electrons. The highest BCUT2D eigenvalue weighted by atomic mass is 16.5. The number of ether oxygens (including phenoxy) is 5. The summed E-state index contributed by atoms with van der Waals surface area (Å²) in [6.45, 7) is 7.34. The predicted molar refractivity (Wildman–Crippen MR) is 237 cm³/mol. The van der Waals surface area contributed by atoms with Gasteiger partial charge in [0.15, 0.2) is 0 Å². The predicted octanol–water partition coefficient (Wildman–Crippen LogP) is 6.98. The second-order valence-electron chi connectivity index (χ2n) is 17.5. The number of methoxy groups -OCH3 is 3. The minimum Gasteiger partial charge on any atom is -0.488 e. The SMILES string of the molecule is COC[C@H]1C[C@@H](c2ncc(-c3cc4c5c(c3)OCc3cc(-c6cnc([C@@H]7CC[C@H](C)N7C(=O)C(NC(=O)OC)C(C)C)[nH]6)cc(c3-5)OC4)[nH]2)N(C(=O)[C@H](NC(=O)OC)c2ccccc2)C1. The van der Waals surface area contributed by atoms with E-state index in [1.165, 1.54) is 14.2 Å². The zero-order chi connectivity index (χ0) is 45.5. The molecule has 2 fully saturated rings. The molecule has 6 heterocycles. The summed E-state index contributed by atoms with van der Waals surface area (Å²) in [6.07, 6.45) is 4.37. The van der Waals surface area contributed by atoms with Gasteiger partial charge >= 0.3 is 12.2 Å². The molecule has 4 amide bonds. The third-order valence-corrected chi connectivity index (χ3v) is 13.0. The van der Waals surface area contributed by atoms with E-state index in [-0.39, 0.29) is 35.7 Å². The van der Waals surface area contributed by atoms with E-state index in [9.17, 15) is 19.2 Å². The van der Waals surface area contributed by atoms with E-state index < -0.39 is 30.3 Å². The summed E-state index contributed by atoms with van der Waals surface area (Å²) in [5.74, 6) is 2.26. The monoisotopic (exact) mass is 886 g/mol. The number of H-pyrrole nitrogens is 2. The van der Waals surface area contributed by atoms with Gasteiger partial charge in [-0.25, -0.2) is 19.6 Å². The Balaban J connectivity index is 0.962. The number of rotatable bonds is 12. The second-order valence-corrected chi connectivity index (χ2v) is 17.5. The number of hydrogen-bond donors (Lipinski definition) is 4. The minimum absolute atomic E-state index is 0.0378. The normalized spacial score (nSPS) is 20.4. The molecule has 0 saturated carbocycles. The molecule has 17 nitrogen and oxygen atoms in total.